The van der Waals surface area contributed by atoms with Gasteiger partial charge in [-0.1, -0.05) is 60.2 Å². The topological polar surface area (TPSA) is 44.8 Å². The summed E-state index contributed by atoms with van der Waals surface area (Å²) in [5.41, 5.74) is 6.23. The highest BCUT2D eigenvalue weighted by Gasteiger charge is 2.19. The smallest absolute Gasteiger partial charge is 0.257 e. The summed E-state index contributed by atoms with van der Waals surface area (Å²) in [5.74, 6) is -0.0898. The summed E-state index contributed by atoms with van der Waals surface area (Å²) in [6, 6.07) is 18.5. The Hall–Kier alpha value is -2.21. The summed E-state index contributed by atoms with van der Waals surface area (Å²) >= 11 is 0. The highest BCUT2D eigenvalue weighted by Crippen LogP contribution is 2.10. The first-order chi connectivity index (χ1) is 12.7. The fourth-order valence-electron chi connectivity index (χ4n) is 3.18. The average molecular weight is 353 g/mol. The Morgan fingerprint density at radius 1 is 0.962 bits per heavy atom. The minimum absolute atomic E-state index is 0.0898. The Bertz CT molecular complexity index is 697. The van der Waals surface area contributed by atoms with Crippen molar-refractivity contribution in [2.45, 2.75) is 20.1 Å². The number of carbonyl (C=O) groups is 1. The molecule has 0 aromatic heterocycles. The van der Waals surface area contributed by atoms with Gasteiger partial charge in [0.15, 0.2) is 0 Å². The second kappa shape index (κ2) is 9.48. The number of carbonyl (C=O) groups excluding carboxylic acids is 1. The zero-order valence-electron chi connectivity index (χ0n) is 15.4. The van der Waals surface area contributed by atoms with E-state index in [2.05, 4.69) is 46.5 Å². The molecule has 1 fully saturated rings. The highest BCUT2D eigenvalue weighted by molar-refractivity contribution is 5.76. The number of benzene rings is 2. The van der Waals surface area contributed by atoms with E-state index in [1.165, 1.54) is 11.1 Å². The van der Waals surface area contributed by atoms with E-state index in [0.717, 1.165) is 38.3 Å². The third-order valence-corrected chi connectivity index (χ3v) is 4.59. The van der Waals surface area contributed by atoms with Crippen LogP contribution in [0.1, 0.15) is 16.7 Å². The molecule has 1 heterocycles. The Morgan fingerprint density at radius 2 is 1.65 bits per heavy atom. The van der Waals surface area contributed by atoms with Crippen LogP contribution in [0.4, 0.5) is 0 Å². The quantitative estimate of drug-likeness (QED) is 0.776. The fraction of sp³-hybridized carbons (Fsp3) is 0.381. The molecule has 0 radical (unpaired) electrons. The molecule has 0 saturated carbocycles. The Kier molecular flexibility index (Phi) is 6.77. The van der Waals surface area contributed by atoms with Crippen molar-refractivity contribution in [3.05, 3.63) is 71.3 Å². The molecule has 0 atom stereocenters. The number of nitrogens with zero attached hydrogens (tertiary/aromatic N) is 2. The molecule has 3 rings (SSSR count). The van der Waals surface area contributed by atoms with Gasteiger partial charge in [0.1, 0.15) is 0 Å². The Labute approximate surface area is 155 Å². The van der Waals surface area contributed by atoms with Gasteiger partial charge in [0.25, 0.3) is 5.91 Å². The minimum atomic E-state index is -0.0898. The number of aryl methyl sites for hydroxylation is 1. The maximum absolute atomic E-state index is 12.0. The van der Waals surface area contributed by atoms with Gasteiger partial charge in [0.2, 0.25) is 0 Å². The number of hydroxylamine groups is 1. The van der Waals surface area contributed by atoms with Crippen molar-refractivity contribution in [1.82, 2.24) is 15.3 Å². The van der Waals surface area contributed by atoms with Crippen LogP contribution in [0.25, 0.3) is 0 Å². The van der Waals surface area contributed by atoms with Crippen molar-refractivity contribution >= 4 is 5.91 Å². The molecule has 0 unspecified atom stereocenters. The van der Waals surface area contributed by atoms with E-state index < -0.39 is 0 Å². The summed E-state index contributed by atoms with van der Waals surface area (Å²) in [6.07, 6.45) is 0. The molecule has 0 spiro atoms. The third kappa shape index (κ3) is 5.95. The van der Waals surface area contributed by atoms with E-state index in [1.54, 1.807) is 0 Å². The van der Waals surface area contributed by atoms with Crippen molar-refractivity contribution < 1.29 is 9.63 Å². The van der Waals surface area contributed by atoms with Crippen LogP contribution in [-0.4, -0.2) is 48.4 Å². The van der Waals surface area contributed by atoms with Crippen LogP contribution in [0.15, 0.2) is 54.6 Å². The van der Waals surface area contributed by atoms with Gasteiger partial charge in [0, 0.05) is 32.7 Å². The number of rotatable bonds is 7. The normalized spacial score (nSPS) is 15.7. The second-order valence-electron chi connectivity index (χ2n) is 6.84. The first-order valence-corrected chi connectivity index (χ1v) is 9.14. The summed E-state index contributed by atoms with van der Waals surface area (Å²) in [5, 5.41) is 0. The van der Waals surface area contributed by atoms with E-state index in [-0.39, 0.29) is 5.91 Å². The van der Waals surface area contributed by atoms with Crippen LogP contribution in [-0.2, 0) is 22.8 Å². The lowest BCUT2D eigenvalue weighted by Crippen LogP contribution is -2.49. The van der Waals surface area contributed by atoms with Crippen molar-refractivity contribution in [3.63, 3.8) is 0 Å². The molecule has 2 aromatic carbocycles. The summed E-state index contributed by atoms with van der Waals surface area (Å²) in [6.45, 7) is 7.62. The molecule has 2 aromatic rings. The lowest BCUT2D eigenvalue weighted by molar-refractivity contribution is -0.136. The Morgan fingerprint density at radius 3 is 2.38 bits per heavy atom. The van der Waals surface area contributed by atoms with Crippen LogP contribution < -0.4 is 5.48 Å². The number of nitrogens with one attached hydrogen (secondary N) is 1. The maximum Gasteiger partial charge on any atom is 0.257 e. The van der Waals surface area contributed by atoms with Crippen molar-refractivity contribution in [1.29, 1.82) is 0 Å². The molecule has 1 N–H and O–H groups in total. The SMILES string of the molecule is Cc1cccc(CN2CCN(CC(=O)NOCc3ccccc3)CC2)c1. The number of hydrogen-bond donors (Lipinski definition) is 1. The molecule has 1 saturated heterocycles. The zero-order chi connectivity index (χ0) is 18.2. The molecular weight excluding hydrogens is 326 g/mol. The first-order valence-electron chi connectivity index (χ1n) is 9.14. The molecule has 26 heavy (non-hydrogen) atoms. The molecule has 1 amide bonds. The lowest BCUT2D eigenvalue weighted by atomic mass is 10.1. The monoisotopic (exact) mass is 353 g/mol. The maximum atomic E-state index is 12.0. The highest BCUT2D eigenvalue weighted by atomic mass is 16.6. The molecule has 1 aliphatic heterocycles. The van der Waals surface area contributed by atoms with Gasteiger partial charge in [-0.05, 0) is 18.1 Å². The Balaban J connectivity index is 1.33. The van der Waals surface area contributed by atoms with Gasteiger partial charge in [-0.15, -0.1) is 0 Å². The van der Waals surface area contributed by atoms with Gasteiger partial charge in [-0.25, -0.2) is 5.48 Å². The molecular formula is C21H27N3O2. The van der Waals surface area contributed by atoms with Crippen LogP contribution in [0.3, 0.4) is 0 Å². The molecule has 5 heteroatoms. The van der Waals surface area contributed by atoms with E-state index in [1.807, 2.05) is 30.3 Å². The van der Waals surface area contributed by atoms with E-state index in [0.29, 0.717) is 13.2 Å². The predicted molar refractivity (Wildman–Crippen MR) is 102 cm³/mol. The molecule has 0 aliphatic carbocycles. The number of piperazine rings is 1. The first kappa shape index (κ1) is 18.6. The summed E-state index contributed by atoms with van der Waals surface area (Å²) in [7, 11) is 0. The van der Waals surface area contributed by atoms with Crippen LogP contribution in [0.5, 0.6) is 0 Å². The van der Waals surface area contributed by atoms with Crippen molar-refractivity contribution in [3.8, 4) is 0 Å². The van der Waals surface area contributed by atoms with Gasteiger partial charge in [-0.2, -0.15) is 0 Å². The van der Waals surface area contributed by atoms with Crippen LogP contribution in [0, 0.1) is 6.92 Å². The van der Waals surface area contributed by atoms with Gasteiger partial charge in [-0.3, -0.25) is 19.4 Å². The van der Waals surface area contributed by atoms with Crippen molar-refractivity contribution in [2.75, 3.05) is 32.7 Å². The molecule has 0 bridgehead atoms. The largest absolute Gasteiger partial charge is 0.297 e. The average Bonchev–Trinajstić information content (AvgIpc) is 2.64. The van der Waals surface area contributed by atoms with Crippen molar-refractivity contribution in [2.24, 2.45) is 0 Å². The van der Waals surface area contributed by atoms with E-state index in [9.17, 15) is 4.79 Å². The number of hydrogen-bond acceptors (Lipinski definition) is 4. The second-order valence-corrected chi connectivity index (χ2v) is 6.84. The van der Waals surface area contributed by atoms with E-state index >= 15 is 0 Å². The zero-order valence-corrected chi connectivity index (χ0v) is 15.4. The van der Waals surface area contributed by atoms with Crippen LogP contribution in [0.2, 0.25) is 0 Å². The lowest BCUT2D eigenvalue weighted by Gasteiger charge is -2.34. The standard InChI is InChI=1S/C21H27N3O2/c1-18-6-5-9-20(14-18)15-23-10-12-24(13-11-23)16-21(25)22-26-17-19-7-3-2-4-8-19/h2-9,14H,10-13,15-17H2,1H3,(H,22,25). The third-order valence-electron chi connectivity index (χ3n) is 4.59. The predicted octanol–water partition coefficient (Wildman–Crippen LogP) is 2.36. The van der Waals surface area contributed by atoms with E-state index in [4.69, 9.17) is 4.84 Å². The fourth-order valence-corrected chi connectivity index (χ4v) is 3.18. The summed E-state index contributed by atoms with van der Waals surface area (Å²) < 4.78 is 0. The van der Waals surface area contributed by atoms with Gasteiger partial charge >= 0.3 is 0 Å². The molecule has 5 nitrogen and oxygen atoms in total. The minimum Gasteiger partial charge on any atom is -0.297 e. The molecule has 1 aliphatic rings. The summed E-state index contributed by atoms with van der Waals surface area (Å²) in [4.78, 5) is 21.9. The van der Waals surface area contributed by atoms with Gasteiger partial charge in [0.05, 0.1) is 13.2 Å². The molecule has 138 valence electrons. The van der Waals surface area contributed by atoms with Gasteiger partial charge < -0.3 is 0 Å². The van der Waals surface area contributed by atoms with Crippen LogP contribution >= 0.6 is 0 Å². The number of amides is 1.